The van der Waals surface area contributed by atoms with Gasteiger partial charge in [0.15, 0.2) is 0 Å². The Morgan fingerprint density at radius 2 is 1.86 bits per heavy atom. The summed E-state index contributed by atoms with van der Waals surface area (Å²) in [4.78, 5) is 13.3. The van der Waals surface area contributed by atoms with Gasteiger partial charge in [-0.2, -0.15) is 0 Å². The summed E-state index contributed by atoms with van der Waals surface area (Å²) >= 11 is 0. The number of nitrogens with zero attached hydrogens (tertiary/aromatic N) is 1. The largest absolute Gasteiger partial charge is 0.497 e. The number of benzene rings is 1. The zero-order valence-electron chi connectivity index (χ0n) is 13.2. The number of carboxylic acid groups (broad SMARTS) is 1. The number of carbonyl (C=O) groups is 1. The van der Waals surface area contributed by atoms with Crippen LogP contribution < -0.4 is 4.74 Å². The summed E-state index contributed by atoms with van der Waals surface area (Å²) in [5.41, 5.74) is 3.93. The lowest BCUT2D eigenvalue weighted by molar-refractivity contribution is -0.143. The molecule has 0 saturated carbocycles. The molecule has 0 aliphatic carbocycles. The summed E-state index contributed by atoms with van der Waals surface area (Å²) in [6.45, 7) is 7.04. The number of methoxy groups -OCH3 is 1. The molecule has 0 aromatic heterocycles. The van der Waals surface area contributed by atoms with Crippen LogP contribution in [0.25, 0.3) is 0 Å². The number of likely N-dealkylation sites (tertiary alicyclic amines) is 1. The lowest BCUT2D eigenvalue weighted by Gasteiger charge is -2.30. The number of aliphatic carboxylic acids is 1. The molecule has 2 rings (SSSR count). The first-order valence-corrected chi connectivity index (χ1v) is 7.60. The van der Waals surface area contributed by atoms with Gasteiger partial charge in [0.25, 0.3) is 0 Å². The van der Waals surface area contributed by atoms with Gasteiger partial charge in [-0.25, -0.2) is 0 Å². The van der Waals surface area contributed by atoms with Gasteiger partial charge < -0.3 is 14.7 Å². The molecule has 0 bridgehead atoms. The fourth-order valence-electron chi connectivity index (χ4n) is 3.14. The van der Waals surface area contributed by atoms with E-state index in [-0.39, 0.29) is 5.92 Å². The van der Waals surface area contributed by atoms with Crippen molar-refractivity contribution in [3.05, 3.63) is 28.8 Å². The van der Waals surface area contributed by atoms with Crippen LogP contribution in [-0.2, 0) is 11.2 Å². The minimum absolute atomic E-state index is 0.147. The van der Waals surface area contributed by atoms with Gasteiger partial charge in [-0.05, 0) is 75.0 Å². The molecule has 116 valence electrons. The summed E-state index contributed by atoms with van der Waals surface area (Å²) in [5, 5.41) is 9.02. The first-order valence-electron chi connectivity index (χ1n) is 7.60. The monoisotopic (exact) mass is 291 g/mol. The lowest BCUT2D eigenvalue weighted by Crippen LogP contribution is -2.37. The maximum absolute atomic E-state index is 11.0. The number of hydrogen-bond donors (Lipinski definition) is 1. The van der Waals surface area contributed by atoms with Crippen molar-refractivity contribution in [1.29, 1.82) is 0 Å². The maximum Gasteiger partial charge on any atom is 0.306 e. The van der Waals surface area contributed by atoms with Crippen LogP contribution in [-0.4, -0.2) is 42.7 Å². The molecule has 0 radical (unpaired) electrons. The molecule has 1 heterocycles. The van der Waals surface area contributed by atoms with E-state index in [4.69, 9.17) is 9.84 Å². The normalized spacial score (nSPS) is 16.9. The van der Waals surface area contributed by atoms with Crippen LogP contribution >= 0.6 is 0 Å². The molecule has 1 aromatic carbocycles. The van der Waals surface area contributed by atoms with E-state index in [2.05, 4.69) is 30.9 Å². The van der Waals surface area contributed by atoms with Crippen LogP contribution in [0.1, 0.15) is 29.5 Å². The van der Waals surface area contributed by atoms with Gasteiger partial charge in [-0.1, -0.05) is 0 Å². The van der Waals surface area contributed by atoms with Gasteiger partial charge in [0.2, 0.25) is 0 Å². The van der Waals surface area contributed by atoms with E-state index >= 15 is 0 Å². The minimum Gasteiger partial charge on any atom is -0.497 e. The molecule has 0 spiro atoms. The van der Waals surface area contributed by atoms with Crippen molar-refractivity contribution in [2.24, 2.45) is 5.92 Å². The number of aryl methyl sites for hydroxylation is 2. The standard InChI is InChI=1S/C17H25NO3/c1-12-10-15(21-3)11-13(2)16(12)6-9-18-7-4-14(5-8-18)17(19)20/h10-11,14H,4-9H2,1-3H3,(H,19,20). The Bertz CT molecular complexity index is 482. The topological polar surface area (TPSA) is 49.8 Å². The first-order chi connectivity index (χ1) is 10.0. The highest BCUT2D eigenvalue weighted by Gasteiger charge is 2.24. The molecular weight excluding hydrogens is 266 g/mol. The molecule has 1 aliphatic rings. The van der Waals surface area contributed by atoms with Crippen molar-refractivity contribution in [2.75, 3.05) is 26.7 Å². The summed E-state index contributed by atoms with van der Waals surface area (Å²) in [5.74, 6) is 0.123. The second kappa shape index (κ2) is 6.94. The molecule has 1 N–H and O–H groups in total. The van der Waals surface area contributed by atoms with E-state index in [1.807, 2.05) is 0 Å². The van der Waals surface area contributed by atoms with Crippen molar-refractivity contribution in [2.45, 2.75) is 33.1 Å². The predicted molar refractivity (Wildman–Crippen MR) is 83.0 cm³/mol. The first kappa shape index (κ1) is 15.8. The number of piperidine rings is 1. The molecular formula is C17H25NO3. The Morgan fingerprint density at radius 3 is 2.33 bits per heavy atom. The maximum atomic E-state index is 11.0. The Labute approximate surface area is 126 Å². The fraction of sp³-hybridized carbons (Fsp3) is 0.588. The zero-order chi connectivity index (χ0) is 15.4. The van der Waals surface area contributed by atoms with Gasteiger partial charge in [-0.3, -0.25) is 4.79 Å². The molecule has 4 heteroatoms. The molecule has 1 fully saturated rings. The molecule has 0 atom stereocenters. The van der Waals surface area contributed by atoms with Gasteiger partial charge >= 0.3 is 5.97 Å². The van der Waals surface area contributed by atoms with Crippen LogP contribution in [0.5, 0.6) is 5.75 Å². The van der Waals surface area contributed by atoms with Gasteiger partial charge in [0.1, 0.15) is 5.75 Å². The van der Waals surface area contributed by atoms with E-state index < -0.39 is 5.97 Å². The summed E-state index contributed by atoms with van der Waals surface area (Å²) in [7, 11) is 1.69. The van der Waals surface area contributed by atoms with Crippen LogP contribution in [0.3, 0.4) is 0 Å². The highest BCUT2D eigenvalue weighted by atomic mass is 16.5. The predicted octanol–water partition coefficient (Wildman–Crippen LogP) is 2.65. The van der Waals surface area contributed by atoms with Crippen LogP contribution in [0, 0.1) is 19.8 Å². The second-order valence-electron chi connectivity index (χ2n) is 5.94. The van der Waals surface area contributed by atoms with E-state index in [0.29, 0.717) is 0 Å². The van der Waals surface area contributed by atoms with Crippen molar-refractivity contribution in [3.63, 3.8) is 0 Å². The second-order valence-corrected chi connectivity index (χ2v) is 5.94. The lowest BCUT2D eigenvalue weighted by atomic mass is 9.95. The number of hydrogen-bond acceptors (Lipinski definition) is 3. The molecule has 1 aliphatic heterocycles. The molecule has 0 amide bonds. The van der Waals surface area contributed by atoms with Gasteiger partial charge in [0, 0.05) is 6.54 Å². The molecule has 1 aromatic rings. The quantitative estimate of drug-likeness (QED) is 0.906. The van der Waals surface area contributed by atoms with Crippen molar-refractivity contribution in [1.82, 2.24) is 4.90 Å². The minimum atomic E-state index is -0.642. The third-order valence-electron chi connectivity index (χ3n) is 4.52. The average molecular weight is 291 g/mol. The van der Waals surface area contributed by atoms with Crippen molar-refractivity contribution in [3.8, 4) is 5.75 Å². The SMILES string of the molecule is COc1cc(C)c(CCN2CCC(C(=O)O)CC2)c(C)c1. The fourth-order valence-corrected chi connectivity index (χ4v) is 3.14. The smallest absolute Gasteiger partial charge is 0.306 e. The van der Waals surface area contributed by atoms with Crippen LogP contribution in [0.2, 0.25) is 0 Å². The van der Waals surface area contributed by atoms with E-state index in [1.165, 1.54) is 16.7 Å². The van der Waals surface area contributed by atoms with Crippen molar-refractivity contribution < 1.29 is 14.6 Å². The number of carboxylic acids is 1. The average Bonchev–Trinajstić information content (AvgIpc) is 2.46. The summed E-state index contributed by atoms with van der Waals surface area (Å²) in [6.07, 6.45) is 2.56. The highest BCUT2D eigenvalue weighted by molar-refractivity contribution is 5.70. The third-order valence-corrected chi connectivity index (χ3v) is 4.52. The number of rotatable bonds is 5. The Balaban J connectivity index is 1.91. The van der Waals surface area contributed by atoms with Crippen LogP contribution in [0.4, 0.5) is 0 Å². The Kier molecular flexibility index (Phi) is 5.23. The molecule has 0 unspecified atom stereocenters. The number of ether oxygens (including phenoxy) is 1. The molecule has 21 heavy (non-hydrogen) atoms. The van der Waals surface area contributed by atoms with Crippen LogP contribution in [0.15, 0.2) is 12.1 Å². The highest BCUT2D eigenvalue weighted by Crippen LogP contribution is 2.23. The summed E-state index contributed by atoms with van der Waals surface area (Å²) in [6, 6.07) is 4.16. The van der Waals surface area contributed by atoms with E-state index in [0.717, 1.165) is 44.6 Å². The van der Waals surface area contributed by atoms with E-state index in [1.54, 1.807) is 7.11 Å². The molecule has 1 saturated heterocycles. The zero-order valence-corrected chi connectivity index (χ0v) is 13.2. The van der Waals surface area contributed by atoms with Gasteiger partial charge in [0.05, 0.1) is 13.0 Å². The third kappa shape index (κ3) is 3.97. The summed E-state index contributed by atoms with van der Waals surface area (Å²) < 4.78 is 5.29. The van der Waals surface area contributed by atoms with Gasteiger partial charge in [-0.15, -0.1) is 0 Å². The molecule has 4 nitrogen and oxygen atoms in total. The Hall–Kier alpha value is -1.55. The Morgan fingerprint density at radius 1 is 1.29 bits per heavy atom. The van der Waals surface area contributed by atoms with E-state index in [9.17, 15) is 4.79 Å². The van der Waals surface area contributed by atoms with Crippen molar-refractivity contribution >= 4 is 5.97 Å².